The summed E-state index contributed by atoms with van der Waals surface area (Å²) in [5, 5.41) is 10.0. The molecular weight excluding hydrogens is 484 g/mol. The number of imide groups is 1. The molecule has 3 unspecified atom stereocenters. The van der Waals surface area contributed by atoms with Gasteiger partial charge in [0.2, 0.25) is 5.91 Å². The van der Waals surface area contributed by atoms with Crippen LogP contribution in [0.3, 0.4) is 0 Å². The van der Waals surface area contributed by atoms with Crippen molar-refractivity contribution >= 4 is 41.5 Å². The van der Waals surface area contributed by atoms with E-state index in [9.17, 15) is 24.0 Å². The first-order chi connectivity index (χ1) is 17.4. The number of rotatable bonds is 17. The van der Waals surface area contributed by atoms with Gasteiger partial charge in [0.15, 0.2) is 0 Å². The molecule has 10 nitrogen and oxygen atoms in total. The second-order valence-corrected chi connectivity index (χ2v) is 11.1. The summed E-state index contributed by atoms with van der Waals surface area (Å²) in [7, 11) is 0. The Balaban J connectivity index is 1.05. The van der Waals surface area contributed by atoms with Crippen LogP contribution in [0.15, 0.2) is 0 Å². The van der Waals surface area contributed by atoms with Gasteiger partial charge in [-0.25, -0.2) is 9.59 Å². The quantitative estimate of drug-likeness (QED) is 0.151. The molecular formula is C25H40N4O6S. The van der Waals surface area contributed by atoms with E-state index in [0.717, 1.165) is 76.5 Å². The normalized spacial score (nSPS) is 22.9. The lowest BCUT2D eigenvalue weighted by atomic mass is 10.0. The molecule has 5 amide bonds. The summed E-state index contributed by atoms with van der Waals surface area (Å²) in [4.78, 5) is 62.9. The Morgan fingerprint density at radius 2 is 1.50 bits per heavy atom. The number of fused-ring (bicyclic) bond motifs is 1. The molecule has 0 spiro atoms. The summed E-state index contributed by atoms with van der Waals surface area (Å²) < 4.78 is 0. The number of hydroxylamine groups is 2. The van der Waals surface area contributed by atoms with Crippen molar-refractivity contribution in [1.82, 2.24) is 21.0 Å². The van der Waals surface area contributed by atoms with Gasteiger partial charge in [0.05, 0.1) is 12.1 Å². The lowest BCUT2D eigenvalue weighted by Gasteiger charge is -2.16. The summed E-state index contributed by atoms with van der Waals surface area (Å²) in [5.74, 6) is -0.319. The molecule has 3 aliphatic heterocycles. The number of carbonyl (C=O) groups is 5. The maximum absolute atomic E-state index is 12.0. The van der Waals surface area contributed by atoms with Gasteiger partial charge >= 0.3 is 12.0 Å². The van der Waals surface area contributed by atoms with E-state index in [1.807, 2.05) is 11.8 Å². The van der Waals surface area contributed by atoms with Crippen molar-refractivity contribution in [2.75, 3.05) is 12.3 Å². The number of carbonyl (C=O) groups excluding carboxylic acids is 5. The van der Waals surface area contributed by atoms with Crippen LogP contribution >= 0.6 is 11.8 Å². The van der Waals surface area contributed by atoms with E-state index < -0.39 is 17.8 Å². The predicted octanol–water partition coefficient (Wildman–Crippen LogP) is 2.95. The van der Waals surface area contributed by atoms with Crippen LogP contribution in [0.4, 0.5) is 4.79 Å². The first-order valence-electron chi connectivity index (χ1n) is 13.5. The summed E-state index contributed by atoms with van der Waals surface area (Å²) in [6.07, 6.45) is 12.0. The van der Waals surface area contributed by atoms with Gasteiger partial charge in [-0.1, -0.05) is 44.9 Å². The highest BCUT2D eigenvalue weighted by atomic mass is 32.2. The number of unbranched alkanes of at least 4 members (excludes halogenated alkanes) is 8. The van der Waals surface area contributed by atoms with Gasteiger partial charge in [-0.15, -0.1) is 5.06 Å². The summed E-state index contributed by atoms with van der Waals surface area (Å²) in [5.41, 5.74) is 0. The Kier molecular flexibility index (Phi) is 11.8. The smallest absolute Gasteiger partial charge is 0.333 e. The van der Waals surface area contributed by atoms with E-state index in [2.05, 4.69) is 16.0 Å². The Bertz CT molecular complexity index is 779. The van der Waals surface area contributed by atoms with Crippen molar-refractivity contribution < 1.29 is 28.8 Å². The molecule has 0 saturated carbocycles. The Morgan fingerprint density at radius 3 is 2.22 bits per heavy atom. The highest BCUT2D eigenvalue weighted by Crippen LogP contribution is 2.33. The molecule has 0 aromatic carbocycles. The third-order valence-electron chi connectivity index (χ3n) is 6.91. The highest BCUT2D eigenvalue weighted by molar-refractivity contribution is 8.00. The molecule has 11 heteroatoms. The fourth-order valence-electron chi connectivity index (χ4n) is 4.85. The zero-order valence-corrected chi connectivity index (χ0v) is 21.9. The second kappa shape index (κ2) is 15.1. The summed E-state index contributed by atoms with van der Waals surface area (Å²) in [6.45, 7) is 0.725. The predicted molar refractivity (Wildman–Crippen MR) is 136 cm³/mol. The molecule has 36 heavy (non-hydrogen) atoms. The van der Waals surface area contributed by atoms with Crippen LogP contribution in [0.2, 0.25) is 0 Å². The van der Waals surface area contributed by atoms with Crippen LogP contribution in [-0.4, -0.2) is 64.4 Å². The number of urea groups is 1. The molecule has 3 rings (SSSR count). The zero-order valence-electron chi connectivity index (χ0n) is 21.1. The number of hydrogen-bond acceptors (Lipinski definition) is 7. The van der Waals surface area contributed by atoms with E-state index in [1.165, 1.54) is 0 Å². The largest absolute Gasteiger partial charge is 0.356 e. The van der Waals surface area contributed by atoms with Crippen LogP contribution in [-0.2, 0) is 24.0 Å². The molecule has 0 bridgehead atoms. The van der Waals surface area contributed by atoms with E-state index >= 15 is 0 Å². The van der Waals surface area contributed by atoms with Gasteiger partial charge in [-0.3, -0.25) is 14.4 Å². The maximum Gasteiger partial charge on any atom is 0.333 e. The van der Waals surface area contributed by atoms with Gasteiger partial charge in [0.1, 0.15) is 0 Å². The van der Waals surface area contributed by atoms with Crippen molar-refractivity contribution in [2.45, 2.75) is 114 Å². The van der Waals surface area contributed by atoms with Gasteiger partial charge in [-0.05, 0) is 25.7 Å². The molecule has 3 saturated heterocycles. The fourth-order valence-corrected chi connectivity index (χ4v) is 6.39. The average molecular weight is 525 g/mol. The SMILES string of the molecule is O=C(CCCCC1SCC2NC(=O)NC21)NCCCCCCCCCCC(=O)ON1C(=O)CCC1=O. The minimum Gasteiger partial charge on any atom is -0.356 e. The Hall–Kier alpha value is -2.30. The van der Waals surface area contributed by atoms with Crippen LogP contribution in [0.25, 0.3) is 0 Å². The van der Waals surface area contributed by atoms with E-state index in [1.54, 1.807) is 0 Å². The zero-order chi connectivity index (χ0) is 25.8. The van der Waals surface area contributed by atoms with Gasteiger partial charge in [0.25, 0.3) is 11.8 Å². The van der Waals surface area contributed by atoms with Gasteiger partial charge in [-0.2, -0.15) is 11.8 Å². The molecule has 0 aromatic heterocycles. The Morgan fingerprint density at radius 1 is 0.861 bits per heavy atom. The first-order valence-corrected chi connectivity index (χ1v) is 14.5. The highest BCUT2D eigenvalue weighted by Gasteiger charge is 2.42. The molecule has 3 fully saturated rings. The standard InChI is InChI=1S/C25H40N4O6S/c30-20(12-9-8-11-19-24-18(17-36-19)27-25(34)28-24)26-16-10-6-4-2-1-3-5-7-13-23(33)35-29-21(31)14-15-22(29)32/h18-19,24H,1-17H2,(H,26,30)(H2,27,28,34). The van der Waals surface area contributed by atoms with Crippen molar-refractivity contribution in [3.8, 4) is 0 Å². The van der Waals surface area contributed by atoms with Crippen LogP contribution in [0, 0.1) is 0 Å². The monoisotopic (exact) mass is 524 g/mol. The number of nitrogens with zero attached hydrogens (tertiary/aromatic N) is 1. The number of amides is 5. The third-order valence-corrected chi connectivity index (χ3v) is 8.42. The summed E-state index contributed by atoms with van der Waals surface area (Å²) >= 11 is 1.91. The topological polar surface area (TPSA) is 134 Å². The molecule has 202 valence electrons. The van der Waals surface area contributed by atoms with E-state index in [0.29, 0.717) is 23.2 Å². The lowest BCUT2D eigenvalue weighted by Crippen LogP contribution is -2.36. The van der Waals surface area contributed by atoms with Crippen LogP contribution in [0.5, 0.6) is 0 Å². The van der Waals surface area contributed by atoms with Crippen molar-refractivity contribution in [3.63, 3.8) is 0 Å². The Labute approximate surface area is 217 Å². The van der Waals surface area contributed by atoms with E-state index in [4.69, 9.17) is 4.84 Å². The van der Waals surface area contributed by atoms with E-state index in [-0.39, 0.29) is 43.3 Å². The minimum absolute atomic E-state index is 0.0533. The minimum atomic E-state index is -0.525. The number of nitrogens with one attached hydrogen (secondary N) is 3. The van der Waals surface area contributed by atoms with Gasteiger partial charge in [0, 0.05) is 43.2 Å². The lowest BCUT2D eigenvalue weighted by molar-refractivity contribution is -0.197. The third kappa shape index (κ3) is 9.29. The van der Waals surface area contributed by atoms with Crippen LogP contribution < -0.4 is 16.0 Å². The molecule has 3 N–H and O–H groups in total. The maximum atomic E-state index is 12.0. The summed E-state index contributed by atoms with van der Waals surface area (Å²) in [6, 6.07) is 0.442. The molecule has 3 heterocycles. The average Bonchev–Trinajstić information content (AvgIpc) is 3.50. The number of thioether (sulfide) groups is 1. The second-order valence-electron chi connectivity index (χ2n) is 9.84. The van der Waals surface area contributed by atoms with Crippen LogP contribution in [0.1, 0.15) is 96.3 Å². The molecule has 0 aliphatic carbocycles. The first kappa shape index (κ1) is 28.3. The van der Waals surface area contributed by atoms with Gasteiger partial charge < -0.3 is 20.8 Å². The number of hydrogen-bond donors (Lipinski definition) is 3. The van der Waals surface area contributed by atoms with Crippen molar-refractivity contribution in [2.24, 2.45) is 0 Å². The molecule has 0 radical (unpaired) electrons. The molecule has 0 aromatic rings. The van der Waals surface area contributed by atoms with Crippen molar-refractivity contribution in [3.05, 3.63) is 0 Å². The van der Waals surface area contributed by atoms with Crippen molar-refractivity contribution in [1.29, 1.82) is 0 Å². The molecule has 3 atom stereocenters. The fraction of sp³-hybridized carbons (Fsp3) is 0.800. The molecule has 3 aliphatic rings.